The quantitative estimate of drug-likeness (QED) is 0.939. The molecule has 5 heteroatoms. The van der Waals surface area contributed by atoms with Crippen LogP contribution in [0.15, 0.2) is 24.3 Å². The predicted molar refractivity (Wildman–Crippen MR) is 78.2 cm³/mol. The molecule has 1 aromatic heterocycles. The zero-order valence-electron chi connectivity index (χ0n) is 10.9. The number of anilines is 2. The first kappa shape index (κ1) is 11.9. The first-order valence-electron chi connectivity index (χ1n) is 6.83. The van der Waals surface area contributed by atoms with E-state index >= 15 is 0 Å². The predicted octanol–water partition coefficient (Wildman–Crippen LogP) is 3.41. The molecule has 2 heterocycles. The van der Waals surface area contributed by atoms with Crippen molar-refractivity contribution in [3.8, 4) is 0 Å². The summed E-state index contributed by atoms with van der Waals surface area (Å²) in [4.78, 5) is 18.6. The van der Waals surface area contributed by atoms with Gasteiger partial charge in [-0.1, -0.05) is 29.5 Å². The van der Waals surface area contributed by atoms with Crippen LogP contribution < -0.4 is 4.90 Å². The van der Waals surface area contributed by atoms with Crippen LogP contribution >= 0.6 is 11.3 Å². The molecule has 1 aliphatic carbocycles. The Hall–Kier alpha value is -1.88. The van der Waals surface area contributed by atoms with E-state index in [0.717, 1.165) is 36.6 Å². The van der Waals surface area contributed by atoms with Crippen molar-refractivity contribution in [1.29, 1.82) is 0 Å². The Morgan fingerprint density at radius 3 is 2.90 bits per heavy atom. The van der Waals surface area contributed by atoms with Crippen LogP contribution in [-0.4, -0.2) is 22.6 Å². The highest BCUT2D eigenvalue weighted by atomic mass is 32.1. The molecule has 1 aromatic carbocycles. The Balaban J connectivity index is 1.76. The van der Waals surface area contributed by atoms with Crippen molar-refractivity contribution < 1.29 is 9.90 Å². The number of para-hydroxylation sites is 1. The topological polar surface area (TPSA) is 53.4 Å². The van der Waals surface area contributed by atoms with Gasteiger partial charge < -0.3 is 10.0 Å². The van der Waals surface area contributed by atoms with Gasteiger partial charge in [-0.15, -0.1) is 0 Å². The number of fused-ring (bicyclic) bond motifs is 1. The molecule has 0 atom stereocenters. The Morgan fingerprint density at radius 2 is 2.15 bits per heavy atom. The molecule has 0 unspecified atom stereocenters. The van der Waals surface area contributed by atoms with E-state index in [4.69, 9.17) is 0 Å². The van der Waals surface area contributed by atoms with E-state index in [0.29, 0.717) is 10.8 Å². The van der Waals surface area contributed by atoms with E-state index < -0.39 is 5.97 Å². The van der Waals surface area contributed by atoms with Gasteiger partial charge in [0.25, 0.3) is 0 Å². The number of thiazole rings is 1. The van der Waals surface area contributed by atoms with Crippen molar-refractivity contribution in [2.24, 2.45) is 0 Å². The maximum absolute atomic E-state index is 11.4. The minimum atomic E-state index is -0.844. The van der Waals surface area contributed by atoms with Crippen LogP contribution in [0.5, 0.6) is 0 Å². The largest absolute Gasteiger partial charge is 0.477 e. The molecule has 1 saturated carbocycles. The van der Waals surface area contributed by atoms with Crippen LogP contribution in [0.2, 0.25) is 0 Å². The molecule has 0 radical (unpaired) electrons. The molecule has 1 aliphatic heterocycles. The number of carboxylic acids is 1. The fraction of sp³-hybridized carbons (Fsp3) is 0.333. The molecule has 0 saturated heterocycles. The summed E-state index contributed by atoms with van der Waals surface area (Å²) in [5, 5.41) is 10.2. The molecule has 0 spiro atoms. The number of hydrogen-bond acceptors (Lipinski definition) is 4. The molecule has 4 nitrogen and oxygen atoms in total. The summed E-state index contributed by atoms with van der Waals surface area (Å²) in [7, 11) is 0. The zero-order valence-corrected chi connectivity index (χ0v) is 11.7. The minimum Gasteiger partial charge on any atom is -0.477 e. The van der Waals surface area contributed by atoms with E-state index in [2.05, 4.69) is 22.0 Å². The van der Waals surface area contributed by atoms with Gasteiger partial charge >= 0.3 is 5.97 Å². The summed E-state index contributed by atoms with van der Waals surface area (Å²) in [5.41, 5.74) is 3.27. The first-order valence-corrected chi connectivity index (χ1v) is 7.65. The summed E-state index contributed by atoms with van der Waals surface area (Å²) in [6.45, 7) is 0.885. The van der Waals surface area contributed by atoms with E-state index in [1.54, 1.807) is 0 Å². The van der Waals surface area contributed by atoms with E-state index in [1.165, 1.54) is 22.6 Å². The number of carbonyl (C=O) groups is 1. The number of benzene rings is 1. The van der Waals surface area contributed by atoms with Crippen LogP contribution in [0.4, 0.5) is 10.8 Å². The SMILES string of the molecule is O=C(O)c1sc(N2CCc3ccccc32)nc1C1CC1. The maximum atomic E-state index is 11.4. The molecule has 0 amide bonds. The van der Waals surface area contributed by atoms with E-state index in [9.17, 15) is 9.90 Å². The molecule has 4 rings (SSSR count). The Bertz CT molecular complexity index is 691. The van der Waals surface area contributed by atoms with Gasteiger partial charge in [-0.05, 0) is 30.9 Å². The summed E-state index contributed by atoms with van der Waals surface area (Å²) in [6, 6.07) is 8.27. The second-order valence-electron chi connectivity index (χ2n) is 5.32. The first-order chi connectivity index (χ1) is 9.74. The third-order valence-corrected chi connectivity index (χ3v) is 5.00. The van der Waals surface area contributed by atoms with Crippen molar-refractivity contribution in [2.45, 2.75) is 25.2 Å². The normalized spacial score (nSPS) is 17.3. The summed E-state index contributed by atoms with van der Waals surface area (Å²) >= 11 is 1.31. The molecule has 1 fully saturated rings. The lowest BCUT2D eigenvalue weighted by atomic mass is 10.2. The van der Waals surface area contributed by atoms with Crippen LogP contribution in [0.3, 0.4) is 0 Å². The van der Waals surface area contributed by atoms with Crippen molar-refractivity contribution in [2.75, 3.05) is 11.4 Å². The number of hydrogen-bond donors (Lipinski definition) is 1. The highest BCUT2D eigenvalue weighted by Gasteiger charge is 2.34. The third-order valence-electron chi connectivity index (χ3n) is 3.92. The summed E-state index contributed by atoms with van der Waals surface area (Å²) < 4.78 is 0. The van der Waals surface area contributed by atoms with Crippen molar-refractivity contribution in [1.82, 2.24) is 4.98 Å². The third kappa shape index (κ3) is 1.81. The monoisotopic (exact) mass is 286 g/mol. The molecule has 2 aliphatic rings. The highest BCUT2D eigenvalue weighted by Crippen LogP contribution is 2.46. The Morgan fingerprint density at radius 1 is 1.35 bits per heavy atom. The minimum absolute atomic E-state index is 0.365. The van der Waals surface area contributed by atoms with Crippen molar-refractivity contribution >= 4 is 28.1 Å². The molecule has 2 aromatic rings. The number of carboxylic acid groups (broad SMARTS) is 1. The van der Waals surface area contributed by atoms with Gasteiger partial charge in [-0.25, -0.2) is 9.78 Å². The molecular weight excluding hydrogens is 272 g/mol. The zero-order chi connectivity index (χ0) is 13.7. The highest BCUT2D eigenvalue weighted by molar-refractivity contribution is 7.17. The van der Waals surface area contributed by atoms with E-state index in [-0.39, 0.29) is 0 Å². The average molecular weight is 286 g/mol. The molecule has 102 valence electrons. The lowest BCUT2D eigenvalue weighted by Gasteiger charge is -2.15. The van der Waals surface area contributed by atoms with Crippen LogP contribution in [0.1, 0.15) is 39.7 Å². The molecule has 1 N–H and O–H groups in total. The van der Waals surface area contributed by atoms with Crippen molar-refractivity contribution in [3.63, 3.8) is 0 Å². The van der Waals surface area contributed by atoms with E-state index in [1.807, 2.05) is 12.1 Å². The average Bonchev–Trinajstić information content (AvgIpc) is 3.05. The number of nitrogens with zero attached hydrogens (tertiary/aromatic N) is 2. The molecular formula is C15H14N2O2S. The second kappa shape index (κ2) is 4.31. The van der Waals surface area contributed by atoms with Crippen LogP contribution in [0.25, 0.3) is 0 Å². The van der Waals surface area contributed by atoms with Crippen LogP contribution in [0, 0.1) is 0 Å². The second-order valence-corrected chi connectivity index (χ2v) is 6.30. The van der Waals surface area contributed by atoms with Gasteiger partial charge in [0.1, 0.15) is 4.88 Å². The number of aromatic carboxylic acids is 1. The Labute approximate surface area is 120 Å². The number of rotatable bonds is 3. The summed E-state index contributed by atoms with van der Waals surface area (Å²) in [6.07, 6.45) is 3.14. The maximum Gasteiger partial charge on any atom is 0.347 e. The van der Waals surface area contributed by atoms with Crippen LogP contribution in [-0.2, 0) is 6.42 Å². The lowest BCUT2D eigenvalue weighted by molar-refractivity contribution is 0.0700. The van der Waals surface area contributed by atoms with Gasteiger partial charge in [-0.2, -0.15) is 0 Å². The van der Waals surface area contributed by atoms with Gasteiger partial charge in [0.05, 0.1) is 5.69 Å². The van der Waals surface area contributed by atoms with Gasteiger partial charge in [0.2, 0.25) is 0 Å². The van der Waals surface area contributed by atoms with Crippen molar-refractivity contribution in [3.05, 3.63) is 40.4 Å². The molecule has 20 heavy (non-hydrogen) atoms. The van der Waals surface area contributed by atoms with Gasteiger partial charge in [-0.3, -0.25) is 0 Å². The fourth-order valence-electron chi connectivity index (χ4n) is 2.76. The van der Waals surface area contributed by atoms with Gasteiger partial charge in [0, 0.05) is 18.2 Å². The molecule has 0 bridgehead atoms. The smallest absolute Gasteiger partial charge is 0.347 e. The Kier molecular flexibility index (Phi) is 2.57. The van der Waals surface area contributed by atoms with Gasteiger partial charge in [0.15, 0.2) is 5.13 Å². The number of aromatic nitrogens is 1. The fourth-order valence-corrected chi connectivity index (χ4v) is 3.79. The summed E-state index contributed by atoms with van der Waals surface area (Å²) in [5.74, 6) is -0.480. The lowest BCUT2D eigenvalue weighted by Crippen LogP contribution is -2.12. The standard InChI is InChI=1S/C15H14N2O2S/c18-14(19)13-12(10-5-6-10)16-15(20-13)17-8-7-9-3-1-2-4-11(9)17/h1-4,10H,5-8H2,(H,18,19).